The molecule has 1 saturated heterocycles. The first-order valence-electron chi connectivity index (χ1n) is 7.84. The quantitative estimate of drug-likeness (QED) is 0.468. The van der Waals surface area contributed by atoms with Crippen LogP contribution in [-0.2, 0) is 0 Å². The minimum absolute atomic E-state index is 0. The summed E-state index contributed by atoms with van der Waals surface area (Å²) >= 11 is 0. The molecule has 1 N–H and O–H groups in total. The summed E-state index contributed by atoms with van der Waals surface area (Å²) in [5, 5.41) is 3.16. The van der Waals surface area contributed by atoms with Gasteiger partial charge in [0.05, 0.1) is 0 Å². The highest BCUT2D eigenvalue weighted by molar-refractivity contribution is 5.85. The first kappa shape index (κ1) is 20.2. The molecule has 1 aromatic carbocycles. The van der Waals surface area contributed by atoms with Gasteiger partial charge in [0.25, 0.3) is 0 Å². The maximum atomic E-state index is 14.1. The van der Waals surface area contributed by atoms with E-state index >= 15 is 0 Å². The molecule has 0 saturated carbocycles. The molecule has 0 bridgehead atoms. The average molecular weight is 355 g/mol. The van der Waals surface area contributed by atoms with Crippen molar-refractivity contribution in [2.24, 2.45) is 0 Å². The highest BCUT2D eigenvalue weighted by atomic mass is 35.5. The van der Waals surface area contributed by atoms with Crippen LogP contribution in [-0.4, -0.2) is 31.1 Å². The van der Waals surface area contributed by atoms with Crippen molar-refractivity contribution in [3.63, 3.8) is 0 Å². The van der Waals surface area contributed by atoms with Crippen molar-refractivity contribution in [1.82, 2.24) is 10.2 Å². The summed E-state index contributed by atoms with van der Waals surface area (Å²) in [6.07, 6.45) is 3.15. The molecule has 0 amide bonds. The van der Waals surface area contributed by atoms with Crippen molar-refractivity contribution < 1.29 is 17.6 Å². The van der Waals surface area contributed by atoms with E-state index in [1.165, 1.54) is 0 Å². The Morgan fingerprint density at radius 3 is 2.13 bits per heavy atom. The Kier molecular flexibility index (Phi) is 8.29. The van der Waals surface area contributed by atoms with E-state index in [2.05, 4.69) is 5.32 Å². The number of piperazine rings is 1. The van der Waals surface area contributed by atoms with E-state index in [1.54, 1.807) is 0 Å². The maximum Gasteiger partial charge on any atom is 0.166 e. The Balaban J connectivity index is 0.00000264. The highest BCUT2D eigenvalue weighted by Crippen LogP contribution is 2.33. The third kappa shape index (κ3) is 4.81. The van der Waals surface area contributed by atoms with E-state index in [1.807, 2.05) is 11.8 Å². The Morgan fingerprint density at radius 1 is 1.04 bits per heavy atom. The molecule has 2 rings (SSSR count). The summed E-state index contributed by atoms with van der Waals surface area (Å²) in [4.78, 5) is 1.91. The number of rotatable bonds is 6. The van der Waals surface area contributed by atoms with Crippen LogP contribution in [0.3, 0.4) is 0 Å². The number of hydrogen-bond acceptors (Lipinski definition) is 2. The molecule has 0 unspecified atom stereocenters. The van der Waals surface area contributed by atoms with Crippen LogP contribution in [0.5, 0.6) is 0 Å². The standard InChI is InChI=1S/C16H22F4N2.ClH/c1-2-3-4-5-13(22-8-6-21-7-9-22)14-15(19)11(17)10-12(18)16(14)20;/h10,13,21H,2-9H2,1H3;1H/t13-;/m0./s1. The second-order valence-corrected chi connectivity index (χ2v) is 5.68. The normalized spacial score (nSPS) is 16.9. The molecule has 7 heteroatoms. The van der Waals surface area contributed by atoms with Crippen LogP contribution in [0.1, 0.15) is 44.2 Å². The van der Waals surface area contributed by atoms with E-state index in [-0.39, 0.29) is 18.5 Å². The second-order valence-electron chi connectivity index (χ2n) is 5.68. The molecule has 1 heterocycles. The fourth-order valence-electron chi connectivity index (χ4n) is 2.98. The molecule has 1 fully saturated rings. The lowest BCUT2D eigenvalue weighted by molar-refractivity contribution is 0.154. The zero-order chi connectivity index (χ0) is 16.1. The molecule has 1 aliphatic rings. The summed E-state index contributed by atoms with van der Waals surface area (Å²) in [6, 6.07) is -0.353. The largest absolute Gasteiger partial charge is 0.314 e. The van der Waals surface area contributed by atoms with Crippen LogP contribution in [0, 0.1) is 23.3 Å². The monoisotopic (exact) mass is 354 g/mol. The fraction of sp³-hybridized carbons (Fsp3) is 0.625. The third-order valence-corrected chi connectivity index (χ3v) is 4.15. The van der Waals surface area contributed by atoms with Crippen molar-refractivity contribution in [2.45, 2.75) is 38.6 Å². The van der Waals surface area contributed by atoms with Gasteiger partial charge in [0.15, 0.2) is 23.3 Å². The number of nitrogens with zero attached hydrogens (tertiary/aromatic N) is 1. The number of benzene rings is 1. The van der Waals surface area contributed by atoms with E-state index in [0.29, 0.717) is 32.6 Å². The summed E-state index contributed by atoms with van der Waals surface area (Å²) in [7, 11) is 0. The predicted molar refractivity (Wildman–Crippen MR) is 84.8 cm³/mol. The number of nitrogens with one attached hydrogen (secondary N) is 1. The first-order valence-corrected chi connectivity index (χ1v) is 7.84. The van der Waals surface area contributed by atoms with Crippen LogP contribution in [0.15, 0.2) is 6.07 Å². The zero-order valence-electron chi connectivity index (χ0n) is 13.2. The van der Waals surface area contributed by atoms with Crippen LogP contribution < -0.4 is 5.32 Å². The molecule has 0 aliphatic carbocycles. The number of unbranched alkanes of at least 4 members (excludes halogenated alkanes) is 2. The van der Waals surface area contributed by atoms with Crippen LogP contribution in [0.4, 0.5) is 17.6 Å². The minimum atomic E-state index is -1.33. The highest BCUT2D eigenvalue weighted by Gasteiger charge is 2.30. The first-order chi connectivity index (χ1) is 10.6. The molecule has 0 aromatic heterocycles. The maximum absolute atomic E-state index is 14.1. The lowest BCUT2D eigenvalue weighted by Crippen LogP contribution is -2.45. The van der Waals surface area contributed by atoms with Crippen LogP contribution in [0.2, 0.25) is 0 Å². The van der Waals surface area contributed by atoms with E-state index in [0.717, 1.165) is 19.3 Å². The summed E-state index contributed by atoms with van der Waals surface area (Å²) < 4.78 is 55.3. The SMILES string of the molecule is CCCCC[C@@H](c1c(F)c(F)cc(F)c1F)N1CCNCC1.Cl. The molecule has 2 nitrogen and oxygen atoms in total. The van der Waals surface area contributed by atoms with E-state index < -0.39 is 34.9 Å². The summed E-state index contributed by atoms with van der Waals surface area (Å²) in [6.45, 7) is 4.64. The predicted octanol–water partition coefficient (Wildman–Crippen LogP) is 4.19. The van der Waals surface area contributed by atoms with Gasteiger partial charge in [-0.3, -0.25) is 4.90 Å². The van der Waals surface area contributed by atoms with Gasteiger partial charge < -0.3 is 5.32 Å². The van der Waals surface area contributed by atoms with Gasteiger partial charge in [-0.1, -0.05) is 26.2 Å². The van der Waals surface area contributed by atoms with Crippen molar-refractivity contribution >= 4 is 12.4 Å². The third-order valence-electron chi connectivity index (χ3n) is 4.15. The van der Waals surface area contributed by atoms with Crippen molar-refractivity contribution in [1.29, 1.82) is 0 Å². The topological polar surface area (TPSA) is 15.3 Å². The minimum Gasteiger partial charge on any atom is -0.314 e. The summed E-state index contributed by atoms with van der Waals surface area (Å²) in [5.41, 5.74) is -0.462. The van der Waals surface area contributed by atoms with Crippen molar-refractivity contribution in [3.05, 3.63) is 34.9 Å². The van der Waals surface area contributed by atoms with Gasteiger partial charge in [-0.05, 0) is 6.42 Å². The molecule has 1 atom stereocenters. The van der Waals surface area contributed by atoms with Crippen LogP contribution >= 0.6 is 12.4 Å². The Hall–Kier alpha value is -0.850. The van der Waals surface area contributed by atoms with Gasteiger partial charge in [0.2, 0.25) is 0 Å². The second kappa shape index (κ2) is 9.45. The Labute approximate surface area is 140 Å². The van der Waals surface area contributed by atoms with Gasteiger partial charge in [-0.25, -0.2) is 17.6 Å². The molecular formula is C16H23ClF4N2. The fourth-order valence-corrected chi connectivity index (χ4v) is 2.98. The van der Waals surface area contributed by atoms with E-state index in [9.17, 15) is 17.6 Å². The number of halogens is 5. The smallest absolute Gasteiger partial charge is 0.166 e. The molecule has 132 valence electrons. The van der Waals surface area contributed by atoms with Gasteiger partial charge in [0.1, 0.15) is 0 Å². The van der Waals surface area contributed by atoms with Crippen LogP contribution in [0.25, 0.3) is 0 Å². The van der Waals surface area contributed by atoms with Crippen molar-refractivity contribution in [3.8, 4) is 0 Å². The van der Waals surface area contributed by atoms with Gasteiger partial charge >= 0.3 is 0 Å². The molecule has 1 aliphatic heterocycles. The Bertz CT molecular complexity index is 481. The van der Waals surface area contributed by atoms with Gasteiger partial charge in [-0.15, -0.1) is 12.4 Å². The molecule has 0 spiro atoms. The Morgan fingerprint density at radius 2 is 1.61 bits per heavy atom. The molecule has 0 radical (unpaired) electrons. The van der Waals surface area contributed by atoms with Gasteiger partial charge in [-0.2, -0.15) is 0 Å². The van der Waals surface area contributed by atoms with Crippen molar-refractivity contribution in [2.75, 3.05) is 26.2 Å². The zero-order valence-corrected chi connectivity index (χ0v) is 14.0. The molecular weight excluding hydrogens is 332 g/mol. The average Bonchev–Trinajstić information content (AvgIpc) is 2.52. The lowest BCUT2D eigenvalue weighted by atomic mass is 9.96. The lowest BCUT2D eigenvalue weighted by Gasteiger charge is -2.35. The molecule has 1 aromatic rings. The van der Waals surface area contributed by atoms with Gasteiger partial charge in [0, 0.05) is 43.9 Å². The summed E-state index contributed by atoms with van der Waals surface area (Å²) in [5.74, 6) is -5.19. The van der Waals surface area contributed by atoms with E-state index in [4.69, 9.17) is 0 Å². The number of hydrogen-bond donors (Lipinski definition) is 1. The molecule has 23 heavy (non-hydrogen) atoms.